The topological polar surface area (TPSA) is 105 Å². The molecule has 1 aliphatic heterocycles. The second-order valence-corrected chi connectivity index (χ2v) is 10.8. The molecule has 1 N–H and O–H groups in total. The molecule has 0 aliphatic carbocycles. The average molecular weight is 473 g/mol. The summed E-state index contributed by atoms with van der Waals surface area (Å²) in [5.74, 6) is 0.352. The first-order valence-electron chi connectivity index (χ1n) is 10.3. The van der Waals surface area contributed by atoms with Gasteiger partial charge in [0.15, 0.2) is 5.13 Å². The van der Waals surface area contributed by atoms with Crippen molar-refractivity contribution in [1.82, 2.24) is 9.29 Å². The van der Waals surface area contributed by atoms with Crippen LogP contribution in [0.5, 0.6) is 0 Å². The van der Waals surface area contributed by atoms with Gasteiger partial charge in [0.2, 0.25) is 10.0 Å². The van der Waals surface area contributed by atoms with Gasteiger partial charge in [0.05, 0.1) is 14.7 Å². The molecule has 0 spiro atoms. The number of hydrogen-bond donors (Lipinski definition) is 1. The number of piperidine rings is 1. The van der Waals surface area contributed by atoms with Gasteiger partial charge in [-0.15, -0.1) is 0 Å². The largest absolute Gasteiger partial charge is 0.361 e. The SMILES string of the molecule is Cc1cccc(-c2cnc(NCC3CCN(S(=O)(=O)c4ccc([N+](=O)[O-])cc4)CC3)s2)c1. The second kappa shape index (κ2) is 9.35. The van der Waals surface area contributed by atoms with Gasteiger partial charge >= 0.3 is 0 Å². The van der Waals surface area contributed by atoms with E-state index in [0.717, 1.165) is 35.0 Å². The van der Waals surface area contributed by atoms with Crippen LogP contribution >= 0.6 is 11.3 Å². The van der Waals surface area contributed by atoms with Gasteiger partial charge in [0.1, 0.15) is 0 Å². The van der Waals surface area contributed by atoms with Gasteiger partial charge in [0, 0.05) is 38.0 Å². The summed E-state index contributed by atoms with van der Waals surface area (Å²) in [6.45, 7) is 3.67. The number of sulfonamides is 1. The lowest BCUT2D eigenvalue weighted by Gasteiger charge is -2.31. The lowest BCUT2D eigenvalue weighted by molar-refractivity contribution is -0.384. The summed E-state index contributed by atoms with van der Waals surface area (Å²) < 4.78 is 27.2. The van der Waals surface area contributed by atoms with E-state index < -0.39 is 14.9 Å². The Morgan fingerprint density at radius 2 is 1.91 bits per heavy atom. The molecule has 2 heterocycles. The Hall–Kier alpha value is -2.82. The van der Waals surface area contributed by atoms with Crippen molar-refractivity contribution in [2.24, 2.45) is 5.92 Å². The van der Waals surface area contributed by atoms with Gasteiger partial charge in [-0.25, -0.2) is 13.4 Å². The Bertz CT molecular complexity index is 1200. The second-order valence-electron chi connectivity index (χ2n) is 7.88. The molecule has 1 aliphatic rings. The number of anilines is 1. The summed E-state index contributed by atoms with van der Waals surface area (Å²) in [6, 6.07) is 13.4. The molecule has 0 atom stereocenters. The van der Waals surface area contributed by atoms with Gasteiger partial charge in [-0.1, -0.05) is 41.2 Å². The lowest BCUT2D eigenvalue weighted by Crippen LogP contribution is -2.39. The maximum Gasteiger partial charge on any atom is 0.269 e. The van der Waals surface area contributed by atoms with Gasteiger partial charge in [-0.3, -0.25) is 10.1 Å². The highest BCUT2D eigenvalue weighted by Gasteiger charge is 2.29. The zero-order valence-corrected chi connectivity index (χ0v) is 19.2. The molecule has 0 radical (unpaired) electrons. The van der Waals surface area contributed by atoms with Crippen molar-refractivity contribution < 1.29 is 13.3 Å². The zero-order valence-electron chi connectivity index (χ0n) is 17.6. The first-order valence-corrected chi connectivity index (χ1v) is 12.6. The first kappa shape index (κ1) is 22.4. The molecule has 168 valence electrons. The molecular formula is C22H24N4O4S2. The van der Waals surface area contributed by atoms with Gasteiger partial charge < -0.3 is 5.32 Å². The summed E-state index contributed by atoms with van der Waals surface area (Å²) in [5, 5.41) is 15.0. The summed E-state index contributed by atoms with van der Waals surface area (Å²) in [5.41, 5.74) is 2.24. The molecule has 0 bridgehead atoms. The Morgan fingerprint density at radius 3 is 2.56 bits per heavy atom. The van der Waals surface area contributed by atoms with E-state index in [0.29, 0.717) is 19.0 Å². The van der Waals surface area contributed by atoms with Gasteiger partial charge in [-0.05, 0) is 43.4 Å². The zero-order chi connectivity index (χ0) is 22.7. The number of nitrogens with one attached hydrogen (secondary N) is 1. The van der Waals surface area contributed by atoms with Crippen LogP contribution in [0, 0.1) is 23.0 Å². The normalized spacial score (nSPS) is 15.5. The number of benzene rings is 2. The molecule has 0 unspecified atom stereocenters. The van der Waals surface area contributed by atoms with Crippen LogP contribution in [0.1, 0.15) is 18.4 Å². The fourth-order valence-corrected chi connectivity index (χ4v) is 6.05. The Balaban J connectivity index is 1.31. The van der Waals surface area contributed by atoms with Crippen LogP contribution < -0.4 is 5.32 Å². The number of hydrogen-bond acceptors (Lipinski definition) is 7. The highest BCUT2D eigenvalue weighted by Crippen LogP contribution is 2.30. The van der Waals surface area contributed by atoms with E-state index in [1.165, 1.54) is 34.1 Å². The van der Waals surface area contributed by atoms with E-state index in [9.17, 15) is 18.5 Å². The molecule has 1 fully saturated rings. The van der Waals surface area contributed by atoms with Crippen LogP contribution in [0.4, 0.5) is 10.8 Å². The van der Waals surface area contributed by atoms with E-state index in [-0.39, 0.29) is 10.6 Å². The van der Waals surface area contributed by atoms with Crippen LogP contribution in [0.2, 0.25) is 0 Å². The van der Waals surface area contributed by atoms with E-state index in [1.807, 2.05) is 12.3 Å². The highest BCUT2D eigenvalue weighted by atomic mass is 32.2. The molecule has 4 rings (SSSR count). The lowest BCUT2D eigenvalue weighted by atomic mass is 9.98. The molecule has 8 nitrogen and oxygen atoms in total. The van der Waals surface area contributed by atoms with Crippen molar-refractivity contribution in [3.63, 3.8) is 0 Å². The Morgan fingerprint density at radius 1 is 1.19 bits per heavy atom. The summed E-state index contributed by atoms with van der Waals surface area (Å²) in [4.78, 5) is 15.9. The fourth-order valence-electron chi connectivity index (χ4n) is 3.76. The molecular weight excluding hydrogens is 448 g/mol. The van der Waals surface area contributed by atoms with Crippen molar-refractivity contribution in [1.29, 1.82) is 0 Å². The van der Waals surface area contributed by atoms with E-state index >= 15 is 0 Å². The number of nitro groups is 1. The highest BCUT2D eigenvalue weighted by molar-refractivity contribution is 7.89. The van der Waals surface area contributed by atoms with Crippen LogP contribution in [-0.2, 0) is 10.0 Å². The third-order valence-electron chi connectivity index (χ3n) is 5.61. The molecule has 1 aromatic heterocycles. The smallest absolute Gasteiger partial charge is 0.269 e. The minimum absolute atomic E-state index is 0.0890. The van der Waals surface area contributed by atoms with E-state index in [4.69, 9.17) is 0 Å². The summed E-state index contributed by atoms with van der Waals surface area (Å²) in [6.07, 6.45) is 3.37. The molecule has 32 heavy (non-hydrogen) atoms. The standard InChI is InChI=1S/C22H24N4O4S2/c1-16-3-2-4-18(13-16)21-15-24-22(31-21)23-14-17-9-11-25(12-10-17)32(29,30)20-7-5-19(6-8-20)26(27)28/h2-8,13,15,17H,9-12,14H2,1H3,(H,23,24). The van der Waals surface area contributed by atoms with Crippen molar-refractivity contribution in [3.05, 3.63) is 70.4 Å². The average Bonchev–Trinajstić information content (AvgIpc) is 3.27. The number of aryl methyl sites for hydroxylation is 1. The quantitative estimate of drug-likeness (QED) is 0.400. The number of nitrogens with zero attached hydrogens (tertiary/aromatic N) is 3. The minimum Gasteiger partial charge on any atom is -0.361 e. The number of thiazole rings is 1. The van der Waals surface area contributed by atoms with Crippen LogP contribution in [0.3, 0.4) is 0 Å². The predicted octanol–water partition coefficient (Wildman–Crippen LogP) is 4.54. The molecule has 1 saturated heterocycles. The summed E-state index contributed by atoms with van der Waals surface area (Å²) >= 11 is 1.61. The number of aromatic nitrogens is 1. The number of nitro benzene ring substituents is 1. The van der Waals surface area contributed by atoms with E-state index in [1.54, 1.807) is 11.3 Å². The molecule has 2 aromatic carbocycles. The van der Waals surface area contributed by atoms with Crippen LogP contribution in [0.25, 0.3) is 10.4 Å². The fraction of sp³-hybridized carbons (Fsp3) is 0.318. The third-order valence-corrected chi connectivity index (χ3v) is 8.53. The third kappa shape index (κ3) is 4.98. The maximum atomic E-state index is 12.8. The summed E-state index contributed by atoms with van der Waals surface area (Å²) in [7, 11) is -3.65. The molecule has 0 saturated carbocycles. The Kier molecular flexibility index (Phi) is 6.54. The van der Waals surface area contributed by atoms with Crippen molar-refractivity contribution in [3.8, 4) is 10.4 Å². The molecule has 3 aromatic rings. The van der Waals surface area contributed by atoms with Crippen molar-refractivity contribution in [2.45, 2.75) is 24.7 Å². The minimum atomic E-state index is -3.65. The monoisotopic (exact) mass is 472 g/mol. The van der Waals surface area contributed by atoms with E-state index in [2.05, 4.69) is 35.4 Å². The van der Waals surface area contributed by atoms with Gasteiger partial charge in [0.25, 0.3) is 5.69 Å². The first-order chi connectivity index (χ1) is 15.3. The van der Waals surface area contributed by atoms with Crippen LogP contribution in [0.15, 0.2) is 59.6 Å². The predicted molar refractivity (Wildman–Crippen MR) is 125 cm³/mol. The van der Waals surface area contributed by atoms with Crippen LogP contribution in [-0.4, -0.2) is 42.3 Å². The van der Waals surface area contributed by atoms with Gasteiger partial charge in [-0.2, -0.15) is 4.31 Å². The number of non-ortho nitro benzene ring substituents is 1. The van der Waals surface area contributed by atoms with Crippen molar-refractivity contribution >= 4 is 32.2 Å². The molecule has 0 amide bonds. The molecule has 10 heteroatoms. The van der Waals surface area contributed by atoms with Crippen molar-refractivity contribution in [2.75, 3.05) is 25.0 Å². The maximum absolute atomic E-state index is 12.8. The Labute approximate surface area is 191 Å². The number of rotatable bonds is 7.